The average Bonchev–Trinajstić information content (AvgIpc) is 2.63. The van der Waals surface area contributed by atoms with Crippen LogP contribution in [0.3, 0.4) is 0 Å². The summed E-state index contributed by atoms with van der Waals surface area (Å²) >= 11 is 0. The Bertz CT molecular complexity index is 719. The predicted octanol–water partition coefficient (Wildman–Crippen LogP) is 1.74. The number of carbonyl (C=O) groups excluding carboxylic acids is 2. The Labute approximate surface area is 140 Å². The van der Waals surface area contributed by atoms with E-state index in [-0.39, 0.29) is 11.5 Å². The van der Waals surface area contributed by atoms with Crippen LogP contribution in [0.1, 0.15) is 28.8 Å². The maximum absolute atomic E-state index is 13.0. The summed E-state index contributed by atoms with van der Waals surface area (Å²) in [6, 6.07) is 15.7. The SMILES string of the molecule is O=C([O-])c1ccc(NC(=O)C2(c3ccccc3)CCOCC2)cc1. The van der Waals surface area contributed by atoms with Gasteiger partial charge in [0, 0.05) is 18.9 Å². The van der Waals surface area contributed by atoms with Gasteiger partial charge in [-0.25, -0.2) is 0 Å². The Kier molecular flexibility index (Phi) is 4.62. The van der Waals surface area contributed by atoms with Gasteiger partial charge in [0.1, 0.15) is 0 Å². The molecule has 5 nitrogen and oxygen atoms in total. The highest BCUT2D eigenvalue weighted by Crippen LogP contribution is 2.36. The molecule has 3 rings (SSSR count). The van der Waals surface area contributed by atoms with Crippen molar-refractivity contribution in [3.8, 4) is 0 Å². The maximum Gasteiger partial charge on any atom is 0.235 e. The molecule has 1 aliphatic rings. The number of nitrogens with one attached hydrogen (secondary N) is 1. The minimum Gasteiger partial charge on any atom is -0.545 e. The summed E-state index contributed by atoms with van der Waals surface area (Å²) in [5.74, 6) is -1.34. The van der Waals surface area contributed by atoms with Crippen molar-refractivity contribution in [2.45, 2.75) is 18.3 Å². The Morgan fingerprint density at radius 2 is 1.58 bits per heavy atom. The van der Waals surface area contributed by atoms with Gasteiger partial charge in [-0.2, -0.15) is 0 Å². The first kappa shape index (κ1) is 16.2. The van der Waals surface area contributed by atoms with Crippen molar-refractivity contribution in [2.24, 2.45) is 0 Å². The Balaban J connectivity index is 1.85. The molecule has 1 N–H and O–H groups in total. The van der Waals surface area contributed by atoms with E-state index in [1.807, 2.05) is 30.3 Å². The normalized spacial score (nSPS) is 16.3. The molecule has 124 valence electrons. The van der Waals surface area contributed by atoms with Crippen molar-refractivity contribution in [3.05, 3.63) is 65.7 Å². The molecule has 1 amide bonds. The molecule has 1 heterocycles. The number of rotatable bonds is 4. The summed E-state index contributed by atoms with van der Waals surface area (Å²) < 4.78 is 5.44. The van der Waals surface area contributed by atoms with E-state index in [1.165, 1.54) is 12.1 Å². The molecule has 0 radical (unpaired) electrons. The third-order valence-corrected chi connectivity index (χ3v) is 4.49. The number of hydrogen-bond acceptors (Lipinski definition) is 4. The largest absolute Gasteiger partial charge is 0.545 e. The highest BCUT2D eigenvalue weighted by molar-refractivity contribution is 5.99. The van der Waals surface area contributed by atoms with Crippen LogP contribution >= 0.6 is 0 Å². The van der Waals surface area contributed by atoms with Gasteiger partial charge in [-0.05, 0) is 36.1 Å². The van der Waals surface area contributed by atoms with Gasteiger partial charge in [0.15, 0.2) is 0 Å². The highest BCUT2D eigenvalue weighted by atomic mass is 16.5. The predicted molar refractivity (Wildman–Crippen MR) is 87.6 cm³/mol. The zero-order valence-corrected chi connectivity index (χ0v) is 13.2. The van der Waals surface area contributed by atoms with Crippen molar-refractivity contribution in [2.75, 3.05) is 18.5 Å². The fourth-order valence-corrected chi connectivity index (χ4v) is 3.06. The van der Waals surface area contributed by atoms with Crippen LogP contribution in [0.4, 0.5) is 5.69 Å². The molecular weight excluding hydrogens is 306 g/mol. The molecule has 0 atom stereocenters. The summed E-state index contributed by atoms with van der Waals surface area (Å²) in [6.07, 6.45) is 1.22. The average molecular weight is 324 g/mol. The van der Waals surface area contributed by atoms with Crippen molar-refractivity contribution in [1.82, 2.24) is 0 Å². The molecule has 0 unspecified atom stereocenters. The van der Waals surface area contributed by atoms with Gasteiger partial charge in [0.05, 0.1) is 11.4 Å². The van der Waals surface area contributed by atoms with Gasteiger partial charge < -0.3 is 20.0 Å². The van der Waals surface area contributed by atoms with E-state index >= 15 is 0 Å². The quantitative estimate of drug-likeness (QED) is 0.929. The number of anilines is 1. The van der Waals surface area contributed by atoms with Gasteiger partial charge in [-0.15, -0.1) is 0 Å². The number of carbonyl (C=O) groups is 2. The number of hydrogen-bond donors (Lipinski definition) is 1. The molecular formula is C19H18NO4-. The van der Waals surface area contributed by atoms with E-state index in [2.05, 4.69) is 5.32 Å². The van der Waals surface area contributed by atoms with Crippen LogP contribution < -0.4 is 10.4 Å². The Morgan fingerprint density at radius 1 is 0.958 bits per heavy atom. The van der Waals surface area contributed by atoms with Gasteiger partial charge >= 0.3 is 0 Å². The molecule has 0 aromatic heterocycles. The fraction of sp³-hybridized carbons (Fsp3) is 0.263. The molecule has 2 aromatic carbocycles. The van der Waals surface area contributed by atoms with Crippen molar-refractivity contribution in [1.29, 1.82) is 0 Å². The standard InChI is InChI=1S/C19H19NO4/c21-17(22)14-6-8-16(9-7-14)20-18(23)19(10-12-24-13-11-19)15-4-2-1-3-5-15/h1-9H,10-13H2,(H,20,23)(H,21,22)/p-1. The second kappa shape index (κ2) is 6.84. The van der Waals surface area contributed by atoms with Crippen molar-refractivity contribution in [3.63, 3.8) is 0 Å². The van der Waals surface area contributed by atoms with E-state index < -0.39 is 11.4 Å². The minimum absolute atomic E-state index is 0.0804. The van der Waals surface area contributed by atoms with Crippen LogP contribution in [0.2, 0.25) is 0 Å². The molecule has 0 bridgehead atoms. The number of carboxylic acid groups (broad SMARTS) is 1. The summed E-state index contributed by atoms with van der Waals surface area (Å²) in [4.78, 5) is 23.8. The number of carboxylic acids is 1. The zero-order valence-electron chi connectivity index (χ0n) is 13.2. The van der Waals surface area contributed by atoms with E-state index in [4.69, 9.17) is 4.74 Å². The Morgan fingerprint density at radius 3 is 2.17 bits per heavy atom. The lowest BCUT2D eigenvalue weighted by molar-refractivity contribution is -0.255. The minimum atomic E-state index is -1.24. The fourth-order valence-electron chi connectivity index (χ4n) is 3.06. The third kappa shape index (κ3) is 3.16. The molecule has 2 aromatic rings. The van der Waals surface area contributed by atoms with Crippen LogP contribution in [-0.4, -0.2) is 25.1 Å². The van der Waals surface area contributed by atoms with E-state index in [9.17, 15) is 14.7 Å². The van der Waals surface area contributed by atoms with Gasteiger partial charge in [-0.1, -0.05) is 42.5 Å². The molecule has 1 saturated heterocycles. The van der Waals surface area contributed by atoms with Crippen molar-refractivity contribution >= 4 is 17.6 Å². The molecule has 0 aliphatic carbocycles. The zero-order chi connectivity index (χ0) is 17.0. The first-order valence-electron chi connectivity index (χ1n) is 7.88. The second-order valence-electron chi connectivity index (χ2n) is 5.88. The number of ether oxygens (including phenoxy) is 1. The highest BCUT2D eigenvalue weighted by Gasteiger charge is 2.41. The van der Waals surface area contributed by atoms with Crippen LogP contribution in [0.15, 0.2) is 54.6 Å². The summed E-state index contributed by atoms with van der Waals surface area (Å²) in [5, 5.41) is 13.7. The van der Waals surface area contributed by atoms with E-state index in [0.29, 0.717) is 31.7 Å². The topological polar surface area (TPSA) is 78.5 Å². The van der Waals surface area contributed by atoms with Gasteiger partial charge in [0.25, 0.3) is 0 Å². The van der Waals surface area contributed by atoms with Crippen LogP contribution in [0.5, 0.6) is 0 Å². The third-order valence-electron chi connectivity index (χ3n) is 4.49. The van der Waals surface area contributed by atoms with E-state index in [0.717, 1.165) is 5.56 Å². The smallest absolute Gasteiger partial charge is 0.235 e. The first-order chi connectivity index (χ1) is 11.6. The lowest BCUT2D eigenvalue weighted by Gasteiger charge is -2.36. The molecule has 0 spiro atoms. The van der Waals surface area contributed by atoms with Crippen molar-refractivity contribution < 1.29 is 19.4 Å². The summed E-state index contributed by atoms with van der Waals surface area (Å²) in [6.45, 7) is 1.07. The summed E-state index contributed by atoms with van der Waals surface area (Å²) in [7, 11) is 0. The lowest BCUT2D eigenvalue weighted by Crippen LogP contribution is -2.44. The maximum atomic E-state index is 13.0. The number of amides is 1. The van der Waals surface area contributed by atoms with Crippen LogP contribution in [-0.2, 0) is 14.9 Å². The number of aromatic carboxylic acids is 1. The van der Waals surface area contributed by atoms with Crippen LogP contribution in [0.25, 0.3) is 0 Å². The lowest BCUT2D eigenvalue weighted by atomic mass is 9.73. The summed E-state index contributed by atoms with van der Waals surface area (Å²) in [5.41, 5.74) is 0.979. The molecule has 1 aliphatic heterocycles. The second-order valence-corrected chi connectivity index (χ2v) is 5.88. The Hall–Kier alpha value is -2.66. The molecule has 1 fully saturated rings. The monoisotopic (exact) mass is 324 g/mol. The molecule has 5 heteroatoms. The molecule has 24 heavy (non-hydrogen) atoms. The first-order valence-corrected chi connectivity index (χ1v) is 7.88. The molecule has 0 saturated carbocycles. The van der Waals surface area contributed by atoms with E-state index in [1.54, 1.807) is 12.1 Å². The van der Waals surface area contributed by atoms with Gasteiger partial charge in [-0.3, -0.25) is 4.79 Å². The number of benzene rings is 2. The van der Waals surface area contributed by atoms with Crippen LogP contribution in [0, 0.1) is 0 Å². The van der Waals surface area contributed by atoms with Gasteiger partial charge in [0.2, 0.25) is 5.91 Å².